The van der Waals surface area contributed by atoms with Gasteiger partial charge in [0.1, 0.15) is 0 Å². The fourth-order valence-corrected chi connectivity index (χ4v) is 1.71. The third-order valence-electron chi connectivity index (χ3n) is 2.83. The molecular weight excluding hydrogens is 166 g/mol. The molecule has 1 aliphatic rings. The lowest BCUT2D eigenvalue weighted by Crippen LogP contribution is -2.37. The van der Waals surface area contributed by atoms with Crippen LogP contribution in [0, 0.1) is 11.8 Å². The number of hydrogen-bond donors (Lipinski definition) is 1. The molecule has 0 aromatic heterocycles. The van der Waals surface area contributed by atoms with Gasteiger partial charge in [-0.1, -0.05) is 13.8 Å². The molecule has 3 nitrogen and oxygen atoms in total. The summed E-state index contributed by atoms with van der Waals surface area (Å²) in [5.74, 6) is -0.0941. The maximum absolute atomic E-state index is 10.6. The quantitative estimate of drug-likeness (QED) is 0.723. The Morgan fingerprint density at radius 3 is 2.54 bits per heavy atom. The van der Waals surface area contributed by atoms with E-state index in [-0.39, 0.29) is 5.92 Å². The molecular formula is C10H19NO2. The minimum absolute atomic E-state index is 0.228. The first-order chi connectivity index (χ1) is 6.09. The van der Waals surface area contributed by atoms with Crippen molar-refractivity contribution < 1.29 is 9.90 Å². The van der Waals surface area contributed by atoms with Crippen molar-refractivity contribution in [2.24, 2.45) is 11.8 Å². The summed E-state index contributed by atoms with van der Waals surface area (Å²) in [6.45, 7) is 6.89. The average Bonchev–Trinajstić information content (AvgIpc) is 2.08. The number of carboxylic acids is 1. The third kappa shape index (κ3) is 3.35. The molecule has 0 saturated carbocycles. The first-order valence-electron chi connectivity index (χ1n) is 5.04. The molecule has 1 rings (SSSR count). The molecule has 0 spiro atoms. The van der Waals surface area contributed by atoms with Gasteiger partial charge in [0.25, 0.3) is 0 Å². The zero-order valence-corrected chi connectivity index (χ0v) is 8.49. The Morgan fingerprint density at radius 1 is 1.54 bits per heavy atom. The molecule has 0 radical (unpaired) electrons. The maximum atomic E-state index is 10.6. The van der Waals surface area contributed by atoms with Crippen molar-refractivity contribution in [1.82, 2.24) is 4.90 Å². The maximum Gasteiger partial charge on any atom is 0.307 e. The molecule has 1 saturated heterocycles. The van der Waals surface area contributed by atoms with Crippen molar-refractivity contribution in [3.8, 4) is 0 Å². The van der Waals surface area contributed by atoms with Crippen LogP contribution < -0.4 is 0 Å². The van der Waals surface area contributed by atoms with Gasteiger partial charge in [0.15, 0.2) is 0 Å². The Hall–Kier alpha value is -0.570. The fourth-order valence-electron chi connectivity index (χ4n) is 1.71. The van der Waals surface area contributed by atoms with Gasteiger partial charge in [0.05, 0.1) is 5.92 Å². The zero-order valence-electron chi connectivity index (χ0n) is 8.49. The minimum Gasteiger partial charge on any atom is -0.481 e. The van der Waals surface area contributed by atoms with Gasteiger partial charge >= 0.3 is 5.97 Å². The van der Waals surface area contributed by atoms with E-state index >= 15 is 0 Å². The Kier molecular flexibility index (Phi) is 3.72. The van der Waals surface area contributed by atoms with Gasteiger partial charge in [0, 0.05) is 6.54 Å². The number of rotatable bonds is 3. The summed E-state index contributed by atoms with van der Waals surface area (Å²) >= 11 is 0. The first kappa shape index (κ1) is 10.5. The predicted molar refractivity (Wildman–Crippen MR) is 51.6 cm³/mol. The van der Waals surface area contributed by atoms with Crippen LogP contribution in [0.25, 0.3) is 0 Å². The van der Waals surface area contributed by atoms with E-state index in [1.165, 1.54) is 12.8 Å². The lowest BCUT2D eigenvalue weighted by atomic mass is 9.98. The largest absolute Gasteiger partial charge is 0.481 e. The summed E-state index contributed by atoms with van der Waals surface area (Å²) < 4.78 is 0. The van der Waals surface area contributed by atoms with E-state index < -0.39 is 5.97 Å². The second-order valence-electron chi connectivity index (χ2n) is 4.22. The highest BCUT2D eigenvalue weighted by Gasteiger charge is 2.20. The van der Waals surface area contributed by atoms with E-state index in [0.29, 0.717) is 6.54 Å². The van der Waals surface area contributed by atoms with Crippen LogP contribution >= 0.6 is 0 Å². The van der Waals surface area contributed by atoms with E-state index in [2.05, 4.69) is 11.8 Å². The summed E-state index contributed by atoms with van der Waals surface area (Å²) in [4.78, 5) is 12.9. The highest BCUT2D eigenvalue weighted by Crippen LogP contribution is 2.16. The standard InChI is InChI=1S/C10H19NO2/c1-8-3-5-11(6-4-8)7-9(2)10(12)13/h8-9H,3-7H2,1-2H3,(H,12,13)/t9-/m1/s1. The summed E-state index contributed by atoms with van der Waals surface area (Å²) in [6.07, 6.45) is 2.43. The molecule has 1 N–H and O–H groups in total. The van der Waals surface area contributed by atoms with Crippen molar-refractivity contribution in [1.29, 1.82) is 0 Å². The Morgan fingerprint density at radius 2 is 2.08 bits per heavy atom. The van der Waals surface area contributed by atoms with Gasteiger partial charge < -0.3 is 10.0 Å². The highest BCUT2D eigenvalue weighted by molar-refractivity contribution is 5.69. The predicted octanol–water partition coefficient (Wildman–Crippen LogP) is 1.44. The normalized spacial score (nSPS) is 22.9. The summed E-state index contributed by atoms with van der Waals surface area (Å²) in [5, 5.41) is 8.74. The molecule has 1 aliphatic heterocycles. The molecule has 0 aromatic rings. The summed E-state index contributed by atoms with van der Waals surface area (Å²) in [7, 11) is 0. The average molecular weight is 185 g/mol. The molecule has 0 amide bonds. The summed E-state index contributed by atoms with van der Waals surface area (Å²) in [5.41, 5.74) is 0. The van der Waals surface area contributed by atoms with E-state index in [9.17, 15) is 4.79 Å². The monoisotopic (exact) mass is 185 g/mol. The van der Waals surface area contributed by atoms with E-state index in [1.54, 1.807) is 6.92 Å². The molecule has 1 atom stereocenters. The van der Waals surface area contributed by atoms with Crippen LogP contribution in [0.2, 0.25) is 0 Å². The molecule has 1 heterocycles. The minimum atomic E-state index is -0.682. The van der Waals surface area contributed by atoms with Gasteiger partial charge in [-0.25, -0.2) is 0 Å². The smallest absolute Gasteiger partial charge is 0.307 e. The van der Waals surface area contributed by atoms with Crippen LogP contribution in [0.1, 0.15) is 26.7 Å². The van der Waals surface area contributed by atoms with Crippen molar-refractivity contribution in [3.05, 3.63) is 0 Å². The van der Waals surface area contributed by atoms with Crippen LogP contribution in [0.5, 0.6) is 0 Å². The molecule has 0 aromatic carbocycles. The van der Waals surface area contributed by atoms with Crippen LogP contribution in [0.3, 0.4) is 0 Å². The fraction of sp³-hybridized carbons (Fsp3) is 0.900. The molecule has 0 aliphatic carbocycles. The van der Waals surface area contributed by atoms with Crippen molar-refractivity contribution in [3.63, 3.8) is 0 Å². The zero-order chi connectivity index (χ0) is 9.84. The molecule has 0 unspecified atom stereocenters. The number of hydrogen-bond acceptors (Lipinski definition) is 2. The lowest BCUT2D eigenvalue weighted by molar-refractivity contribution is -0.141. The topological polar surface area (TPSA) is 40.5 Å². The van der Waals surface area contributed by atoms with E-state index in [0.717, 1.165) is 19.0 Å². The molecule has 3 heteroatoms. The van der Waals surface area contributed by atoms with Crippen molar-refractivity contribution in [2.45, 2.75) is 26.7 Å². The third-order valence-corrected chi connectivity index (χ3v) is 2.83. The second-order valence-corrected chi connectivity index (χ2v) is 4.22. The van der Waals surface area contributed by atoms with Crippen LogP contribution in [-0.2, 0) is 4.79 Å². The van der Waals surface area contributed by atoms with Gasteiger partial charge in [-0.15, -0.1) is 0 Å². The number of carboxylic acid groups (broad SMARTS) is 1. The lowest BCUT2D eigenvalue weighted by Gasteiger charge is -2.31. The van der Waals surface area contributed by atoms with Crippen molar-refractivity contribution >= 4 is 5.97 Å². The number of carbonyl (C=O) groups is 1. The van der Waals surface area contributed by atoms with Gasteiger partial charge in [0.2, 0.25) is 0 Å². The van der Waals surface area contributed by atoms with Gasteiger partial charge in [-0.05, 0) is 31.8 Å². The second kappa shape index (κ2) is 4.61. The van der Waals surface area contributed by atoms with Gasteiger partial charge in [-0.2, -0.15) is 0 Å². The first-order valence-corrected chi connectivity index (χ1v) is 5.04. The van der Waals surface area contributed by atoms with Gasteiger partial charge in [-0.3, -0.25) is 4.79 Å². The number of likely N-dealkylation sites (tertiary alicyclic amines) is 1. The van der Waals surface area contributed by atoms with E-state index in [4.69, 9.17) is 5.11 Å². The Bertz CT molecular complexity index is 174. The van der Waals surface area contributed by atoms with Crippen LogP contribution in [0.15, 0.2) is 0 Å². The Balaban J connectivity index is 2.26. The number of piperidine rings is 1. The molecule has 1 fully saturated rings. The molecule has 0 bridgehead atoms. The number of aliphatic carboxylic acids is 1. The van der Waals surface area contributed by atoms with Crippen molar-refractivity contribution in [2.75, 3.05) is 19.6 Å². The molecule has 13 heavy (non-hydrogen) atoms. The molecule has 76 valence electrons. The Labute approximate surface area is 79.7 Å². The SMILES string of the molecule is CC1CCN(C[C@@H](C)C(=O)O)CC1. The number of nitrogens with zero attached hydrogens (tertiary/aromatic N) is 1. The summed E-state index contributed by atoms with van der Waals surface area (Å²) in [6, 6.07) is 0. The van der Waals surface area contributed by atoms with E-state index in [1.807, 2.05) is 0 Å². The van der Waals surface area contributed by atoms with Crippen LogP contribution in [0.4, 0.5) is 0 Å². The highest BCUT2D eigenvalue weighted by atomic mass is 16.4. The van der Waals surface area contributed by atoms with Crippen LogP contribution in [-0.4, -0.2) is 35.6 Å².